The molecule has 0 aromatic rings. The molecule has 170 valence electrons. The Bertz CT molecular complexity index is 430. The number of amides is 1. The summed E-state index contributed by atoms with van der Waals surface area (Å²) in [6, 6.07) is 0. The topological polar surface area (TPSA) is 69.4 Å². The van der Waals surface area contributed by atoms with Crippen molar-refractivity contribution in [1.82, 2.24) is 0 Å². The van der Waals surface area contributed by atoms with E-state index in [1.54, 1.807) is 0 Å². The third kappa shape index (κ3) is 11.1. The van der Waals surface area contributed by atoms with Crippen molar-refractivity contribution in [2.75, 3.05) is 6.61 Å². The van der Waals surface area contributed by atoms with E-state index in [0.29, 0.717) is 19.4 Å². The number of nitrogens with two attached hydrogens (primary N) is 1. The van der Waals surface area contributed by atoms with Gasteiger partial charge in [0.25, 0.3) is 0 Å². The molecule has 0 bridgehead atoms. The van der Waals surface area contributed by atoms with Crippen LogP contribution in [0.2, 0.25) is 0 Å². The summed E-state index contributed by atoms with van der Waals surface area (Å²) in [4.78, 5) is 23.9. The molecule has 1 aliphatic rings. The van der Waals surface area contributed by atoms with Crippen LogP contribution in [0.5, 0.6) is 0 Å². The van der Waals surface area contributed by atoms with E-state index in [9.17, 15) is 9.59 Å². The van der Waals surface area contributed by atoms with Gasteiger partial charge in [-0.25, -0.2) is 0 Å². The Hall–Kier alpha value is -1.06. The van der Waals surface area contributed by atoms with Crippen LogP contribution in [0.1, 0.15) is 135 Å². The van der Waals surface area contributed by atoms with Crippen LogP contribution in [-0.2, 0) is 14.3 Å². The number of esters is 1. The van der Waals surface area contributed by atoms with Gasteiger partial charge in [-0.1, -0.05) is 116 Å². The number of carbonyl (C=O) groups is 2. The fourth-order valence-electron chi connectivity index (χ4n) is 4.48. The van der Waals surface area contributed by atoms with E-state index in [4.69, 9.17) is 10.5 Å². The zero-order valence-corrected chi connectivity index (χ0v) is 19.2. The fraction of sp³-hybridized carbons (Fsp3) is 0.920. The molecule has 0 unspecified atom stereocenters. The SMILES string of the molecule is CCCCCCCCCCCCCCCCCCOC(=O)C1(C(N)=O)CCCC1. The summed E-state index contributed by atoms with van der Waals surface area (Å²) in [5.74, 6) is -0.893. The average molecular weight is 410 g/mol. The second-order valence-electron chi connectivity index (χ2n) is 9.09. The lowest BCUT2D eigenvalue weighted by molar-refractivity contribution is -0.160. The summed E-state index contributed by atoms with van der Waals surface area (Å²) in [5.41, 5.74) is 4.43. The van der Waals surface area contributed by atoms with Crippen LogP contribution in [0.15, 0.2) is 0 Å². The predicted molar refractivity (Wildman–Crippen MR) is 121 cm³/mol. The lowest BCUT2D eigenvalue weighted by atomic mass is 9.85. The van der Waals surface area contributed by atoms with Gasteiger partial charge in [0.15, 0.2) is 0 Å². The third-order valence-electron chi connectivity index (χ3n) is 6.55. The molecule has 0 heterocycles. The van der Waals surface area contributed by atoms with Crippen molar-refractivity contribution in [3.8, 4) is 0 Å². The molecule has 0 radical (unpaired) electrons. The van der Waals surface area contributed by atoms with Crippen LogP contribution in [0.4, 0.5) is 0 Å². The minimum Gasteiger partial charge on any atom is -0.465 e. The quantitative estimate of drug-likeness (QED) is 0.144. The van der Waals surface area contributed by atoms with E-state index in [2.05, 4.69) is 6.92 Å². The van der Waals surface area contributed by atoms with Gasteiger partial charge in [0.05, 0.1) is 6.61 Å². The first-order valence-corrected chi connectivity index (χ1v) is 12.6. The van der Waals surface area contributed by atoms with Gasteiger partial charge in [0.1, 0.15) is 5.41 Å². The molecule has 0 spiro atoms. The van der Waals surface area contributed by atoms with Gasteiger partial charge in [-0.3, -0.25) is 9.59 Å². The van der Waals surface area contributed by atoms with Gasteiger partial charge in [-0.05, 0) is 19.3 Å². The highest BCUT2D eigenvalue weighted by Gasteiger charge is 2.47. The van der Waals surface area contributed by atoms with E-state index in [-0.39, 0.29) is 5.97 Å². The maximum Gasteiger partial charge on any atom is 0.321 e. The first-order chi connectivity index (χ1) is 14.1. The number of hydrogen-bond donors (Lipinski definition) is 1. The maximum atomic E-state index is 12.2. The number of ether oxygens (including phenoxy) is 1. The Labute approximate surface area is 179 Å². The molecule has 0 atom stereocenters. The van der Waals surface area contributed by atoms with Crippen LogP contribution < -0.4 is 5.73 Å². The number of unbranched alkanes of at least 4 members (excludes halogenated alkanes) is 15. The molecule has 0 aliphatic heterocycles. The summed E-state index contributed by atoms with van der Waals surface area (Å²) < 4.78 is 5.37. The molecule has 1 rings (SSSR count). The summed E-state index contributed by atoms with van der Waals surface area (Å²) in [7, 11) is 0. The molecule has 1 fully saturated rings. The van der Waals surface area contributed by atoms with Crippen molar-refractivity contribution in [3.05, 3.63) is 0 Å². The normalized spacial score (nSPS) is 15.5. The largest absolute Gasteiger partial charge is 0.465 e. The molecule has 1 saturated carbocycles. The second kappa shape index (κ2) is 16.7. The van der Waals surface area contributed by atoms with Gasteiger partial charge >= 0.3 is 5.97 Å². The van der Waals surface area contributed by atoms with Crippen LogP contribution in [0.25, 0.3) is 0 Å². The third-order valence-corrected chi connectivity index (χ3v) is 6.55. The van der Waals surface area contributed by atoms with Crippen LogP contribution in [0.3, 0.4) is 0 Å². The van der Waals surface area contributed by atoms with Crippen molar-refractivity contribution < 1.29 is 14.3 Å². The van der Waals surface area contributed by atoms with Crippen molar-refractivity contribution in [1.29, 1.82) is 0 Å². The summed E-state index contributed by atoms with van der Waals surface area (Å²) in [6.07, 6.45) is 24.1. The zero-order chi connectivity index (χ0) is 21.2. The Balaban J connectivity index is 1.83. The molecule has 0 aromatic carbocycles. The van der Waals surface area contributed by atoms with Crippen molar-refractivity contribution >= 4 is 11.9 Å². The lowest BCUT2D eigenvalue weighted by Crippen LogP contribution is -2.42. The molecular formula is C25H47NO3. The standard InChI is InChI=1S/C25H47NO3/c1-2-3-4-5-6-7-8-9-10-11-12-13-14-15-16-19-22-29-24(28)25(23(26)27)20-17-18-21-25/h2-22H2,1H3,(H2,26,27). The highest BCUT2D eigenvalue weighted by molar-refractivity contribution is 6.02. The minimum absolute atomic E-state index is 0.386. The number of carbonyl (C=O) groups excluding carboxylic acids is 2. The van der Waals surface area contributed by atoms with Crippen molar-refractivity contribution in [3.63, 3.8) is 0 Å². The fourth-order valence-corrected chi connectivity index (χ4v) is 4.48. The first kappa shape index (κ1) is 26.0. The highest BCUT2D eigenvalue weighted by Crippen LogP contribution is 2.39. The molecule has 1 aliphatic carbocycles. The van der Waals surface area contributed by atoms with Crippen LogP contribution >= 0.6 is 0 Å². The van der Waals surface area contributed by atoms with Crippen molar-refractivity contribution in [2.45, 2.75) is 135 Å². The summed E-state index contributed by atoms with van der Waals surface area (Å²) in [6.45, 7) is 2.70. The summed E-state index contributed by atoms with van der Waals surface area (Å²) in [5, 5.41) is 0. The molecule has 2 N–H and O–H groups in total. The average Bonchev–Trinajstić information content (AvgIpc) is 3.21. The lowest BCUT2D eigenvalue weighted by Gasteiger charge is -2.22. The Kier molecular flexibility index (Phi) is 15.0. The molecule has 1 amide bonds. The van der Waals surface area contributed by atoms with Crippen molar-refractivity contribution in [2.24, 2.45) is 11.1 Å². The van der Waals surface area contributed by atoms with Gasteiger partial charge in [0, 0.05) is 0 Å². The molecule has 29 heavy (non-hydrogen) atoms. The Morgan fingerprint density at radius 3 is 1.45 bits per heavy atom. The molecule has 4 heteroatoms. The molecule has 0 aromatic heterocycles. The van der Waals surface area contributed by atoms with Gasteiger partial charge in [-0.2, -0.15) is 0 Å². The molecule has 0 saturated heterocycles. The number of hydrogen-bond acceptors (Lipinski definition) is 3. The molecule has 4 nitrogen and oxygen atoms in total. The Morgan fingerprint density at radius 2 is 1.07 bits per heavy atom. The predicted octanol–water partition coefficient (Wildman–Crippen LogP) is 6.84. The van der Waals surface area contributed by atoms with E-state index in [1.807, 2.05) is 0 Å². The highest BCUT2D eigenvalue weighted by atomic mass is 16.5. The second-order valence-corrected chi connectivity index (χ2v) is 9.09. The van der Waals surface area contributed by atoms with E-state index < -0.39 is 11.3 Å². The van der Waals surface area contributed by atoms with Gasteiger partial charge < -0.3 is 10.5 Å². The maximum absolute atomic E-state index is 12.2. The number of primary amides is 1. The van der Waals surface area contributed by atoms with Gasteiger partial charge in [-0.15, -0.1) is 0 Å². The van der Waals surface area contributed by atoms with Crippen LogP contribution in [0, 0.1) is 5.41 Å². The number of rotatable bonds is 19. The van der Waals surface area contributed by atoms with E-state index in [1.165, 1.54) is 89.9 Å². The Morgan fingerprint density at radius 1 is 0.690 bits per heavy atom. The monoisotopic (exact) mass is 409 g/mol. The van der Waals surface area contributed by atoms with E-state index >= 15 is 0 Å². The van der Waals surface area contributed by atoms with Crippen LogP contribution in [-0.4, -0.2) is 18.5 Å². The minimum atomic E-state index is -1.03. The smallest absolute Gasteiger partial charge is 0.321 e. The first-order valence-electron chi connectivity index (χ1n) is 12.6. The summed E-state index contributed by atoms with van der Waals surface area (Å²) >= 11 is 0. The zero-order valence-electron chi connectivity index (χ0n) is 19.2. The molecular weight excluding hydrogens is 362 g/mol. The van der Waals surface area contributed by atoms with Gasteiger partial charge in [0.2, 0.25) is 5.91 Å². The van der Waals surface area contributed by atoms with E-state index in [0.717, 1.165) is 25.7 Å².